The number of carbonyl (C=O) groups is 1. The van der Waals surface area contributed by atoms with Crippen molar-refractivity contribution in [3.05, 3.63) is 75.4 Å². The average molecular weight is 400 g/mol. The predicted octanol–water partition coefficient (Wildman–Crippen LogP) is 4.03. The fraction of sp³-hybridized carbons (Fsp3) is 0.105. The van der Waals surface area contributed by atoms with Crippen molar-refractivity contribution in [3.8, 4) is 11.4 Å². The molecule has 136 valence electrons. The smallest absolute Gasteiger partial charge is 0.248 e. The van der Waals surface area contributed by atoms with Gasteiger partial charge in [-0.2, -0.15) is 4.98 Å². The summed E-state index contributed by atoms with van der Waals surface area (Å²) in [4.78, 5) is 16.7. The Labute approximate surface area is 165 Å². The Hall–Kier alpha value is -2.83. The Morgan fingerprint density at radius 1 is 1.07 bits per heavy atom. The number of amides is 1. The molecule has 1 aliphatic heterocycles. The van der Waals surface area contributed by atoms with Crippen LogP contribution in [0.15, 0.2) is 59.8 Å². The molecule has 0 radical (unpaired) electrons. The number of nitrogens with zero attached hydrogens (tertiary/aromatic N) is 3. The van der Waals surface area contributed by atoms with Crippen molar-refractivity contribution >= 4 is 35.1 Å². The zero-order chi connectivity index (χ0) is 19.1. The second-order valence-corrected chi connectivity index (χ2v) is 7.07. The molecular formula is C19H15Cl2N5O. The maximum absolute atomic E-state index is 12.2. The Kier molecular flexibility index (Phi) is 4.37. The van der Waals surface area contributed by atoms with Crippen molar-refractivity contribution < 1.29 is 4.79 Å². The Morgan fingerprint density at radius 2 is 1.67 bits per heavy atom. The van der Waals surface area contributed by atoms with Gasteiger partial charge in [0, 0.05) is 21.3 Å². The highest BCUT2D eigenvalue weighted by molar-refractivity contribution is 6.30. The standard InChI is InChI=1S/C19H15Cl2N5O/c1-10-15(17(22)27)16(11-2-6-13(20)7-3-11)26-19(23-10)24-18(25-26)12-4-8-14(21)9-5-12/h2-9,16H,1H3,(H2,22,27)(H,23,24,25)/t16-/m0/s1. The molecule has 0 saturated carbocycles. The van der Waals surface area contributed by atoms with Crippen LogP contribution in [0.5, 0.6) is 0 Å². The van der Waals surface area contributed by atoms with E-state index in [1.807, 2.05) is 24.3 Å². The van der Waals surface area contributed by atoms with E-state index < -0.39 is 11.9 Å². The highest BCUT2D eigenvalue weighted by Gasteiger charge is 2.33. The van der Waals surface area contributed by atoms with E-state index in [0.29, 0.717) is 33.1 Å². The van der Waals surface area contributed by atoms with Crippen molar-refractivity contribution in [2.45, 2.75) is 13.0 Å². The van der Waals surface area contributed by atoms with E-state index in [2.05, 4.69) is 15.4 Å². The van der Waals surface area contributed by atoms with E-state index in [1.165, 1.54) is 0 Å². The van der Waals surface area contributed by atoms with Crippen LogP contribution < -0.4 is 11.1 Å². The molecule has 3 N–H and O–H groups in total. The van der Waals surface area contributed by atoms with Crippen molar-refractivity contribution in [2.24, 2.45) is 5.73 Å². The second kappa shape index (κ2) is 6.72. The molecule has 6 nitrogen and oxygen atoms in total. The summed E-state index contributed by atoms with van der Waals surface area (Å²) in [5.74, 6) is 0.531. The largest absolute Gasteiger partial charge is 0.366 e. The molecule has 2 heterocycles. The summed E-state index contributed by atoms with van der Waals surface area (Å²) < 4.78 is 1.67. The molecule has 0 saturated heterocycles. The van der Waals surface area contributed by atoms with Crippen LogP contribution in [0.3, 0.4) is 0 Å². The van der Waals surface area contributed by atoms with Crippen molar-refractivity contribution in [1.29, 1.82) is 0 Å². The van der Waals surface area contributed by atoms with Crippen LogP contribution in [0, 0.1) is 0 Å². The van der Waals surface area contributed by atoms with Gasteiger partial charge in [0.05, 0.1) is 5.57 Å². The topological polar surface area (TPSA) is 85.8 Å². The Bertz CT molecular complexity index is 1050. The number of hydrogen-bond donors (Lipinski definition) is 2. The number of anilines is 1. The van der Waals surface area contributed by atoms with Crippen molar-refractivity contribution in [2.75, 3.05) is 5.32 Å². The molecular weight excluding hydrogens is 385 g/mol. The normalized spacial score (nSPS) is 16.0. The summed E-state index contributed by atoms with van der Waals surface area (Å²) in [6.45, 7) is 1.79. The fourth-order valence-electron chi connectivity index (χ4n) is 3.14. The molecule has 2 aromatic carbocycles. The molecule has 8 heteroatoms. The van der Waals surface area contributed by atoms with Gasteiger partial charge in [-0.25, -0.2) is 4.68 Å². The lowest BCUT2D eigenvalue weighted by Crippen LogP contribution is -2.31. The van der Waals surface area contributed by atoms with Gasteiger partial charge in [0.25, 0.3) is 0 Å². The van der Waals surface area contributed by atoms with E-state index in [1.54, 1.807) is 35.9 Å². The van der Waals surface area contributed by atoms with Crippen LogP contribution in [0.4, 0.5) is 5.95 Å². The third kappa shape index (κ3) is 3.18. The number of fused-ring (bicyclic) bond motifs is 1. The van der Waals surface area contributed by atoms with Gasteiger partial charge in [-0.05, 0) is 48.9 Å². The summed E-state index contributed by atoms with van der Waals surface area (Å²) in [6, 6.07) is 14.0. The maximum Gasteiger partial charge on any atom is 0.248 e. The van der Waals surface area contributed by atoms with Crippen LogP contribution in [-0.4, -0.2) is 20.7 Å². The summed E-state index contributed by atoms with van der Waals surface area (Å²) in [5, 5.41) is 8.98. The second-order valence-electron chi connectivity index (χ2n) is 6.19. The molecule has 4 rings (SSSR count). The number of benzene rings is 2. The minimum atomic E-state index is -0.519. The summed E-state index contributed by atoms with van der Waals surface area (Å²) in [6.07, 6.45) is 0. The van der Waals surface area contributed by atoms with Gasteiger partial charge >= 0.3 is 0 Å². The Morgan fingerprint density at radius 3 is 2.26 bits per heavy atom. The predicted molar refractivity (Wildman–Crippen MR) is 106 cm³/mol. The van der Waals surface area contributed by atoms with E-state index in [0.717, 1.165) is 11.1 Å². The number of nitrogens with two attached hydrogens (primary N) is 1. The first kappa shape index (κ1) is 17.6. The molecule has 0 fully saturated rings. The SMILES string of the molecule is CC1=C(C(N)=O)[C@H](c2ccc(Cl)cc2)n2nc(-c3ccc(Cl)cc3)nc2N1. The van der Waals surface area contributed by atoms with Crippen LogP contribution in [0.2, 0.25) is 10.0 Å². The zero-order valence-corrected chi connectivity index (χ0v) is 15.8. The minimum Gasteiger partial charge on any atom is -0.366 e. The van der Waals surface area contributed by atoms with E-state index in [4.69, 9.17) is 28.9 Å². The van der Waals surface area contributed by atoms with Crippen molar-refractivity contribution in [1.82, 2.24) is 14.8 Å². The van der Waals surface area contributed by atoms with Crippen LogP contribution in [0.25, 0.3) is 11.4 Å². The van der Waals surface area contributed by atoms with Gasteiger partial charge in [0.15, 0.2) is 5.82 Å². The number of primary amides is 1. The minimum absolute atomic E-state index is 0.428. The summed E-state index contributed by atoms with van der Waals surface area (Å²) in [7, 11) is 0. The van der Waals surface area contributed by atoms with Crippen LogP contribution in [-0.2, 0) is 4.79 Å². The third-order valence-corrected chi connectivity index (χ3v) is 4.91. The summed E-state index contributed by atoms with van der Waals surface area (Å²) in [5.41, 5.74) is 8.39. The third-order valence-electron chi connectivity index (χ3n) is 4.41. The molecule has 27 heavy (non-hydrogen) atoms. The average Bonchev–Trinajstić information content (AvgIpc) is 3.05. The van der Waals surface area contributed by atoms with E-state index in [9.17, 15) is 4.79 Å². The monoisotopic (exact) mass is 399 g/mol. The molecule has 1 atom stereocenters. The molecule has 1 aromatic heterocycles. The molecule has 0 aliphatic carbocycles. The first-order valence-electron chi connectivity index (χ1n) is 8.19. The quantitative estimate of drug-likeness (QED) is 0.695. The first-order valence-corrected chi connectivity index (χ1v) is 8.95. The molecule has 0 bridgehead atoms. The fourth-order valence-corrected chi connectivity index (χ4v) is 3.40. The molecule has 0 spiro atoms. The van der Waals surface area contributed by atoms with Gasteiger partial charge in [0.1, 0.15) is 6.04 Å². The molecule has 1 aliphatic rings. The lowest BCUT2D eigenvalue weighted by molar-refractivity contribution is -0.115. The van der Waals surface area contributed by atoms with Gasteiger partial charge in [0.2, 0.25) is 11.9 Å². The van der Waals surface area contributed by atoms with Crippen LogP contribution >= 0.6 is 23.2 Å². The molecule has 0 unspecified atom stereocenters. The van der Waals surface area contributed by atoms with Gasteiger partial charge < -0.3 is 11.1 Å². The number of nitrogens with one attached hydrogen (secondary N) is 1. The number of aromatic nitrogens is 3. The maximum atomic E-state index is 12.2. The van der Waals surface area contributed by atoms with Gasteiger partial charge in [-0.3, -0.25) is 4.79 Å². The van der Waals surface area contributed by atoms with E-state index in [-0.39, 0.29) is 0 Å². The first-order chi connectivity index (χ1) is 12.9. The summed E-state index contributed by atoms with van der Waals surface area (Å²) >= 11 is 12.0. The number of hydrogen-bond acceptors (Lipinski definition) is 4. The highest BCUT2D eigenvalue weighted by Crippen LogP contribution is 2.36. The molecule has 1 amide bonds. The van der Waals surface area contributed by atoms with Gasteiger partial charge in [-0.15, -0.1) is 5.10 Å². The van der Waals surface area contributed by atoms with Gasteiger partial charge in [-0.1, -0.05) is 35.3 Å². The lowest BCUT2D eigenvalue weighted by Gasteiger charge is -2.27. The number of rotatable bonds is 3. The highest BCUT2D eigenvalue weighted by atomic mass is 35.5. The number of carbonyl (C=O) groups excluding carboxylic acids is 1. The van der Waals surface area contributed by atoms with E-state index >= 15 is 0 Å². The molecule has 3 aromatic rings. The lowest BCUT2D eigenvalue weighted by atomic mass is 9.95. The number of halogens is 2. The Balaban J connectivity index is 1.87. The number of allylic oxidation sites excluding steroid dienone is 1. The van der Waals surface area contributed by atoms with Crippen molar-refractivity contribution in [3.63, 3.8) is 0 Å². The van der Waals surface area contributed by atoms with Crippen LogP contribution in [0.1, 0.15) is 18.5 Å². The zero-order valence-electron chi connectivity index (χ0n) is 14.3.